The van der Waals surface area contributed by atoms with Gasteiger partial charge in [-0.15, -0.1) is 0 Å². The third-order valence-electron chi connectivity index (χ3n) is 13.3. The Bertz CT molecular complexity index is 1200. The zero-order valence-electron chi connectivity index (χ0n) is 46.1. The van der Waals surface area contributed by atoms with Gasteiger partial charge in [0.1, 0.15) is 13.2 Å². The molecule has 0 aromatic rings. The van der Waals surface area contributed by atoms with Gasteiger partial charge in [-0.05, 0) is 77.0 Å². The molecular formula is C63H114O6. The van der Waals surface area contributed by atoms with Gasteiger partial charge in [0.25, 0.3) is 0 Å². The Hall–Kier alpha value is -2.63. The molecule has 402 valence electrons. The minimum Gasteiger partial charge on any atom is -0.462 e. The van der Waals surface area contributed by atoms with Crippen LogP contribution in [0.1, 0.15) is 316 Å². The van der Waals surface area contributed by atoms with Crippen molar-refractivity contribution in [3.63, 3.8) is 0 Å². The molecule has 0 radical (unpaired) electrons. The zero-order valence-corrected chi connectivity index (χ0v) is 46.1. The molecule has 6 nitrogen and oxygen atoms in total. The molecule has 69 heavy (non-hydrogen) atoms. The van der Waals surface area contributed by atoms with Crippen molar-refractivity contribution in [3.05, 3.63) is 48.6 Å². The number of hydrogen-bond donors (Lipinski definition) is 0. The molecule has 0 rings (SSSR count). The lowest BCUT2D eigenvalue weighted by Crippen LogP contribution is -2.30. The Kier molecular flexibility index (Phi) is 55.7. The van der Waals surface area contributed by atoms with E-state index < -0.39 is 6.10 Å². The van der Waals surface area contributed by atoms with E-state index in [1.54, 1.807) is 0 Å². The highest BCUT2D eigenvalue weighted by molar-refractivity contribution is 5.71. The van der Waals surface area contributed by atoms with Gasteiger partial charge < -0.3 is 14.2 Å². The van der Waals surface area contributed by atoms with Crippen LogP contribution in [-0.2, 0) is 28.6 Å². The van der Waals surface area contributed by atoms with E-state index in [9.17, 15) is 14.4 Å². The number of unbranched alkanes of at least 4 members (excludes halogenated alkanes) is 36. The Morgan fingerprint density at radius 2 is 0.565 bits per heavy atom. The van der Waals surface area contributed by atoms with E-state index in [0.717, 1.165) is 83.5 Å². The molecule has 0 aliphatic carbocycles. The minimum atomic E-state index is -0.777. The topological polar surface area (TPSA) is 78.9 Å². The van der Waals surface area contributed by atoms with Gasteiger partial charge in [0.2, 0.25) is 0 Å². The summed E-state index contributed by atoms with van der Waals surface area (Å²) in [5, 5.41) is 0. The molecule has 0 N–H and O–H groups in total. The Balaban J connectivity index is 4.32. The van der Waals surface area contributed by atoms with E-state index in [1.165, 1.54) is 193 Å². The standard InChI is InChI=1S/C63H114O6/c1-4-7-10-13-16-19-22-25-27-29-30-31-32-34-35-38-41-44-47-50-53-56-62(65)68-59-60(58-67-61(64)55-52-49-46-43-40-37-24-21-18-15-12-9-6-3)69-63(66)57-54-51-48-45-42-39-36-33-28-26-23-20-17-14-11-8-5-2/h8,11,17,20,26,28-30,60H,4-7,9-10,12-16,18-19,21-25,27,31-59H2,1-3H3/b11-8-,20-17-,28-26-,30-29-. The monoisotopic (exact) mass is 967 g/mol. The lowest BCUT2D eigenvalue weighted by atomic mass is 10.0. The molecule has 0 saturated carbocycles. The van der Waals surface area contributed by atoms with Crippen LogP contribution in [0.25, 0.3) is 0 Å². The summed E-state index contributed by atoms with van der Waals surface area (Å²) in [6, 6.07) is 0. The van der Waals surface area contributed by atoms with Gasteiger partial charge in [-0.1, -0.05) is 268 Å². The lowest BCUT2D eigenvalue weighted by molar-refractivity contribution is -0.167. The lowest BCUT2D eigenvalue weighted by Gasteiger charge is -2.18. The molecule has 0 heterocycles. The molecule has 0 bridgehead atoms. The number of esters is 3. The highest BCUT2D eigenvalue weighted by Crippen LogP contribution is 2.16. The maximum absolute atomic E-state index is 12.9. The normalized spacial score (nSPS) is 12.3. The van der Waals surface area contributed by atoms with Crippen molar-refractivity contribution in [1.29, 1.82) is 0 Å². The second kappa shape index (κ2) is 57.9. The molecule has 0 aliphatic heterocycles. The van der Waals surface area contributed by atoms with Crippen LogP contribution in [0, 0.1) is 0 Å². The van der Waals surface area contributed by atoms with E-state index in [4.69, 9.17) is 14.2 Å². The molecule has 0 fully saturated rings. The second-order valence-corrected chi connectivity index (χ2v) is 20.2. The maximum Gasteiger partial charge on any atom is 0.306 e. The van der Waals surface area contributed by atoms with Gasteiger partial charge in [-0.25, -0.2) is 0 Å². The number of carbonyl (C=O) groups is 3. The fraction of sp³-hybridized carbons (Fsp3) is 0.825. The van der Waals surface area contributed by atoms with Crippen LogP contribution in [0.2, 0.25) is 0 Å². The summed E-state index contributed by atoms with van der Waals surface area (Å²) in [5.41, 5.74) is 0. The Labute approximate surface area is 428 Å². The van der Waals surface area contributed by atoms with Crippen molar-refractivity contribution < 1.29 is 28.6 Å². The first-order valence-electron chi connectivity index (χ1n) is 30.1. The molecule has 0 spiro atoms. The first-order chi connectivity index (χ1) is 34.0. The van der Waals surface area contributed by atoms with Crippen molar-refractivity contribution >= 4 is 17.9 Å². The number of allylic oxidation sites excluding steroid dienone is 8. The molecule has 0 saturated heterocycles. The number of carbonyl (C=O) groups excluding carboxylic acids is 3. The molecular weight excluding hydrogens is 853 g/mol. The zero-order chi connectivity index (χ0) is 50.0. The van der Waals surface area contributed by atoms with E-state index in [1.807, 2.05) is 0 Å². The molecule has 1 unspecified atom stereocenters. The van der Waals surface area contributed by atoms with Crippen LogP contribution < -0.4 is 0 Å². The predicted molar refractivity (Wildman–Crippen MR) is 298 cm³/mol. The fourth-order valence-corrected chi connectivity index (χ4v) is 8.81. The first-order valence-corrected chi connectivity index (χ1v) is 30.1. The van der Waals surface area contributed by atoms with E-state index in [-0.39, 0.29) is 31.1 Å². The SMILES string of the molecule is CC/C=C\C/C=C\C/C=C\CCCCCCCCCC(=O)OC(COC(=O)CCCCCCCCCCC/C=C\CCCCCCCCCC)COC(=O)CCCCCCCCCCCCCCC. The van der Waals surface area contributed by atoms with Crippen LogP contribution >= 0.6 is 0 Å². The fourth-order valence-electron chi connectivity index (χ4n) is 8.81. The summed E-state index contributed by atoms with van der Waals surface area (Å²) in [6.07, 6.45) is 71.1. The Morgan fingerprint density at radius 3 is 0.899 bits per heavy atom. The molecule has 1 atom stereocenters. The summed E-state index contributed by atoms with van der Waals surface area (Å²) < 4.78 is 16.9. The second-order valence-electron chi connectivity index (χ2n) is 20.2. The highest BCUT2D eigenvalue weighted by Gasteiger charge is 2.19. The first kappa shape index (κ1) is 66.4. The number of ether oxygens (including phenoxy) is 3. The summed E-state index contributed by atoms with van der Waals surface area (Å²) in [6.45, 7) is 6.56. The number of rotatable bonds is 55. The van der Waals surface area contributed by atoms with Gasteiger partial charge in [0.15, 0.2) is 6.10 Å². The maximum atomic E-state index is 12.9. The third kappa shape index (κ3) is 56.2. The molecule has 6 heteroatoms. The van der Waals surface area contributed by atoms with Crippen molar-refractivity contribution in [3.8, 4) is 0 Å². The van der Waals surface area contributed by atoms with Gasteiger partial charge in [0.05, 0.1) is 0 Å². The average Bonchev–Trinajstić information content (AvgIpc) is 3.35. The van der Waals surface area contributed by atoms with Gasteiger partial charge in [-0.2, -0.15) is 0 Å². The van der Waals surface area contributed by atoms with Crippen molar-refractivity contribution in [2.24, 2.45) is 0 Å². The van der Waals surface area contributed by atoms with Crippen LogP contribution in [0.4, 0.5) is 0 Å². The summed E-state index contributed by atoms with van der Waals surface area (Å²) in [5.74, 6) is -0.870. The highest BCUT2D eigenvalue weighted by atomic mass is 16.6. The minimum absolute atomic E-state index is 0.0745. The average molecular weight is 968 g/mol. The van der Waals surface area contributed by atoms with E-state index in [0.29, 0.717) is 19.3 Å². The van der Waals surface area contributed by atoms with Gasteiger partial charge in [0, 0.05) is 19.3 Å². The smallest absolute Gasteiger partial charge is 0.306 e. The number of hydrogen-bond acceptors (Lipinski definition) is 6. The van der Waals surface area contributed by atoms with E-state index in [2.05, 4.69) is 69.4 Å². The Morgan fingerprint density at radius 1 is 0.304 bits per heavy atom. The summed E-state index contributed by atoms with van der Waals surface area (Å²) >= 11 is 0. The third-order valence-corrected chi connectivity index (χ3v) is 13.3. The predicted octanol–water partition coefficient (Wildman–Crippen LogP) is 20.2. The van der Waals surface area contributed by atoms with Crippen molar-refractivity contribution in [2.45, 2.75) is 322 Å². The van der Waals surface area contributed by atoms with Crippen LogP contribution in [-0.4, -0.2) is 37.2 Å². The van der Waals surface area contributed by atoms with Crippen LogP contribution in [0.15, 0.2) is 48.6 Å². The summed E-state index contributed by atoms with van der Waals surface area (Å²) in [4.78, 5) is 38.2. The van der Waals surface area contributed by atoms with Gasteiger partial charge >= 0.3 is 17.9 Å². The van der Waals surface area contributed by atoms with Crippen molar-refractivity contribution in [2.75, 3.05) is 13.2 Å². The van der Waals surface area contributed by atoms with Crippen molar-refractivity contribution in [1.82, 2.24) is 0 Å². The van der Waals surface area contributed by atoms with E-state index >= 15 is 0 Å². The molecule has 0 aromatic carbocycles. The quantitative estimate of drug-likeness (QED) is 0.0262. The molecule has 0 aliphatic rings. The summed E-state index contributed by atoms with van der Waals surface area (Å²) in [7, 11) is 0. The van der Waals surface area contributed by atoms with Crippen LogP contribution in [0.3, 0.4) is 0 Å². The van der Waals surface area contributed by atoms with Gasteiger partial charge in [-0.3, -0.25) is 14.4 Å². The largest absolute Gasteiger partial charge is 0.462 e. The molecule has 0 amide bonds. The molecule has 0 aromatic heterocycles. The van der Waals surface area contributed by atoms with Crippen LogP contribution in [0.5, 0.6) is 0 Å².